The molecule has 0 spiro atoms. The molecular weight excluding hydrogens is 276 g/mol. The molecule has 0 amide bonds. The predicted octanol–water partition coefficient (Wildman–Crippen LogP) is 0.782. The van der Waals surface area contributed by atoms with Crippen LogP contribution in [0.4, 0.5) is 0 Å². The van der Waals surface area contributed by atoms with Gasteiger partial charge in [-0.05, 0) is 40.5 Å². The lowest BCUT2D eigenvalue weighted by Gasteiger charge is -2.55. The van der Waals surface area contributed by atoms with Crippen molar-refractivity contribution >= 4 is 9.84 Å². The van der Waals surface area contributed by atoms with Crippen LogP contribution in [0, 0.1) is 0 Å². The maximum atomic E-state index is 12.1. The molecular formula is C14H28N2O3S. The second kappa shape index (κ2) is 4.93. The van der Waals surface area contributed by atoms with Gasteiger partial charge in [0.25, 0.3) is 0 Å². The largest absolute Gasteiger partial charge is 0.367 e. The molecule has 1 atom stereocenters. The summed E-state index contributed by atoms with van der Waals surface area (Å²) in [7, 11) is -2.99. The lowest BCUT2D eigenvalue weighted by molar-refractivity contribution is -0.197. The van der Waals surface area contributed by atoms with Gasteiger partial charge < -0.3 is 10.5 Å². The first-order valence-electron chi connectivity index (χ1n) is 7.35. The Bertz CT molecular complexity index is 457. The molecule has 0 radical (unpaired) electrons. The minimum Gasteiger partial charge on any atom is -0.367 e. The molecule has 2 aliphatic heterocycles. The van der Waals surface area contributed by atoms with Crippen LogP contribution in [-0.2, 0) is 14.6 Å². The topological polar surface area (TPSA) is 72.6 Å². The van der Waals surface area contributed by atoms with E-state index in [9.17, 15) is 8.42 Å². The van der Waals surface area contributed by atoms with E-state index in [1.165, 1.54) is 0 Å². The lowest BCUT2D eigenvalue weighted by Crippen LogP contribution is -2.68. The third-order valence-electron chi connectivity index (χ3n) is 4.33. The van der Waals surface area contributed by atoms with Gasteiger partial charge in [-0.25, -0.2) is 8.42 Å². The molecule has 118 valence electrons. The van der Waals surface area contributed by atoms with Gasteiger partial charge in [0.2, 0.25) is 0 Å². The van der Waals surface area contributed by atoms with Crippen molar-refractivity contribution in [1.82, 2.24) is 4.90 Å². The fourth-order valence-electron chi connectivity index (χ4n) is 3.84. The molecule has 5 nitrogen and oxygen atoms in total. The Morgan fingerprint density at radius 2 is 1.70 bits per heavy atom. The Hall–Kier alpha value is -0.170. The number of hydrogen-bond donors (Lipinski definition) is 1. The molecule has 6 heteroatoms. The Labute approximate surface area is 122 Å². The molecule has 0 bridgehead atoms. The summed E-state index contributed by atoms with van der Waals surface area (Å²) in [5.74, 6) is 0.481. The van der Waals surface area contributed by atoms with E-state index in [1.807, 2.05) is 0 Å². The standard InChI is InChI=1S/C14H28N2O3S/c1-12(2)9-16(10-13(3,4)19-12)14(8-15)6-5-7-20(17,18)11-14/h5-11,15H2,1-4H3. The summed E-state index contributed by atoms with van der Waals surface area (Å²) in [6.45, 7) is 10.1. The number of morpholine rings is 1. The van der Waals surface area contributed by atoms with Gasteiger partial charge in [0.15, 0.2) is 9.84 Å². The second-order valence-electron chi connectivity index (χ2n) is 7.60. The van der Waals surface area contributed by atoms with Crippen LogP contribution < -0.4 is 5.73 Å². The third kappa shape index (κ3) is 3.35. The normalized spacial score (nSPS) is 36.6. The van der Waals surface area contributed by atoms with Crippen LogP contribution in [0.15, 0.2) is 0 Å². The van der Waals surface area contributed by atoms with Crippen molar-refractivity contribution in [3.05, 3.63) is 0 Å². The molecule has 2 aliphatic rings. The Morgan fingerprint density at radius 3 is 2.15 bits per heavy atom. The first-order valence-corrected chi connectivity index (χ1v) is 9.17. The van der Waals surface area contributed by atoms with Gasteiger partial charge in [-0.3, -0.25) is 4.90 Å². The molecule has 2 heterocycles. The van der Waals surface area contributed by atoms with Crippen molar-refractivity contribution in [2.45, 2.75) is 57.3 Å². The Balaban J connectivity index is 2.31. The zero-order valence-electron chi connectivity index (χ0n) is 13.1. The molecule has 20 heavy (non-hydrogen) atoms. The van der Waals surface area contributed by atoms with E-state index in [0.717, 1.165) is 19.5 Å². The highest BCUT2D eigenvalue weighted by molar-refractivity contribution is 7.91. The molecule has 0 saturated carbocycles. The minimum atomic E-state index is -2.99. The highest BCUT2D eigenvalue weighted by Crippen LogP contribution is 2.36. The number of nitrogens with two attached hydrogens (primary N) is 1. The number of hydrogen-bond acceptors (Lipinski definition) is 5. The van der Waals surface area contributed by atoms with Crippen LogP contribution >= 0.6 is 0 Å². The van der Waals surface area contributed by atoms with Crippen LogP contribution in [0.5, 0.6) is 0 Å². The summed E-state index contributed by atoms with van der Waals surface area (Å²) in [5, 5.41) is 0. The highest BCUT2D eigenvalue weighted by atomic mass is 32.2. The van der Waals surface area contributed by atoms with Gasteiger partial charge in [0.1, 0.15) is 0 Å². The molecule has 0 aromatic heterocycles. The van der Waals surface area contributed by atoms with E-state index in [-0.39, 0.29) is 17.0 Å². The van der Waals surface area contributed by atoms with E-state index in [0.29, 0.717) is 18.7 Å². The quantitative estimate of drug-likeness (QED) is 0.816. The Morgan fingerprint density at radius 1 is 1.15 bits per heavy atom. The van der Waals surface area contributed by atoms with E-state index >= 15 is 0 Å². The zero-order chi connectivity index (χ0) is 15.2. The van der Waals surface area contributed by atoms with Crippen molar-refractivity contribution in [2.24, 2.45) is 5.73 Å². The van der Waals surface area contributed by atoms with Gasteiger partial charge in [-0.1, -0.05) is 0 Å². The monoisotopic (exact) mass is 304 g/mol. The van der Waals surface area contributed by atoms with E-state index < -0.39 is 15.4 Å². The van der Waals surface area contributed by atoms with Crippen LogP contribution in [0.3, 0.4) is 0 Å². The average Bonchev–Trinajstić information content (AvgIpc) is 2.23. The summed E-state index contributed by atoms with van der Waals surface area (Å²) < 4.78 is 30.2. The van der Waals surface area contributed by atoms with Crippen LogP contribution in [0.1, 0.15) is 40.5 Å². The molecule has 2 saturated heterocycles. The predicted molar refractivity (Wildman–Crippen MR) is 80.5 cm³/mol. The van der Waals surface area contributed by atoms with Gasteiger partial charge in [0, 0.05) is 25.2 Å². The van der Waals surface area contributed by atoms with Crippen molar-refractivity contribution in [2.75, 3.05) is 31.1 Å². The molecule has 2 rings (SSSR count). The summed E-state index contributed by atoms with van der Waals surface area (Å²) in [4.78, 5) is 2.27. The lowest BCUT2D eigenvalue weighted by atomic mass is 9.88. The van der Waals surface area contributed by atoms with Crippen LogP contribution in [-0.4, -0.2) is 61.2 Å². The molecule has 0 aromatic carbocycles. The second-order valence-corrected chi connectivity index (χ2v) is 9.79. The van der Waals surface area contributed by atoms with Crippen LogP contribution in [0.25, 0.3) is 0 Å². The number of sulfone groups is 1. The summed E-state index contributed by atoms with van der Waals surface area (Å²) in [5.41, 5.74) is 5.03. The number of ether oxygens (including phenoxy) is 1. The SMILES string of the molecule is CC1(C)CN(C2(CN)CCCS(=O)(=O)C2)CC(C)(C)O1. The van der Waals surface area contributed by atoms with E-state index in [4.69, 9.17) is 10.5 Å². The molecule has 2 N–H and O–H groups in total. The summed E-state index contributed by atoms with van der Waals surface area (Å²) >= 11 is 0. The van der Waals surface area contributed by atoms with Gasteiger partial charge >= 0.3 is 0 Å². The van der Waals surface area contributed by atoms with Crippen molar-refractivity contribution in [3.8, 4) is 0 Å². The van der Waals surface area contributed by atoms with Gasteiger partial charge in [-0.2, -0.15) is 0 Å². The Kier molecular flexibility index (Phi) is 4.00. The molecule has 1 unspecified atom stereocenters. The molecule has 0 aliphatic carbocycles. The first-order chi connectivity index (χ1) is 8.99. The fourth-order valence-corrected chi connectivity index (χ4v) is 5.83. The number of nitrogens with zero attached hydrogens (tertiary/aromatic N) is 1. The van der Waals surface area contributed by atoms with E-state index in [2.05, 4.69) is 32.6 Å². The summed E-state index contributed by atoms with van der Waals surface area (Å²) in [6, 6.07) is 0. The smallest absolute Gasteiger partial charge is 0.152 e. The van der Waals surface area contributed by atoms with Crippen molar-refractivity contribution in [3.63, 3.8) is 0 Å². The number of rotatable bonds is 2. The highest BCUT2D eigenvalue weighted by Gasteiger charge is 2.49. The van der Waals surface area contributed by atoms with Crippen LogP contribution in [0.2, 0.25) is 0 Å². The molecule has 2 fully saturated rings. The minimum absolute atomic E-state index is 0.183. The maximum Gasteiger partial charge on any atom is 0.152 e. The zero-order valence-corrected chi connectivity index (χ0v) is 13.9. The van der Waals surface area contributed by atoms with E-state index in [1.54, 1.807) is 0 Å². The molecule has 0 aromatic rings. The third-order valence-corrected chi connectivity index (χ3v) is 6.22. The summed E-state index contributed by atoms with van der Waals surface area (Å²) in [6.07, 6.45) is 1.56. The van der Waals surface area contributed by atoms with Crippen molar-refractivity contribution in [1.29, 1.82) is 0 Å². The average molecular weight is 304 g/mol. The van der Waals surface area contributed by atoms with Gasteiger partial charge in [-0.15, -0.1) is 0 Å². The first kappa shape index (κ1) is 16.2. The van der Waals surface area contributed by atoms with Gasteiger partial charge in [0.05, 0.1) is 22.7 Å². The maximum absolute atomic E-state index is 12.1. The van der Waals surface area contributed by atoms with Crippen molar-refractivity contribution < 1.29 is 13.2 Å². The fraction of sp³-hybridized carbons (Fsp3) is 1.00.